The van der Waals surface area contributed by atoms with Gasteiger partial charge in [-0.05, 0) is 23.6 Å². The van der Waals surface area contributed by atoms with Gasteiger partial charge >= 0.3 is 13.7 Å². The predicted octanol–water partition coefficient (Wildman–Crippen LogP) is 1.62. The third kappa shape index (κ3) is 7.19. The second kappa shape index (κ2) is 11.8. The molecule has 0 aliphatic rings. The standard InChI is InChI=1S/C22H29N4O7P/c1-15(2)20(25(34(31,32)33)14-24-16(3)27)21(28)26(19-11-7-8-12-23-19)18(22(29)30)13-17-9-5-4-6-10-17/h4-12,15,18,20H,13-14H2,1-3H3,(H,24,27)(H,29,30)(H2,31,32,33). The molecule has 0 fully saturated rings. The summed E-state index contributed by atoms with van der Waals surface area (Å²) in [7, 11) is -5.04. The number of nitrogens with zero attached hydrogens (tertiary/aromatic N) is 3. The summed E-state index contributed by atoms with van der Waals surface area (Å²) in [5.41, 5.74) is 0.648. The number of amides is 2. The van der Waals surface area contributed by atoms with Crippen LogP contribution in [0.2, 0.25) is 0 Å². The number of pyridine rings is 1. The molecule has 4 N–H and O–H groups in total. The maximum Gasteiger partial charge on any atom is 0.405 e. The molecule has 0 saturated carbocycles. The van der Waals surface area contributed by atoms with Crippen molar-refractivity contribution in [1.82, 2.24) is 15.0 Å². The molecule has 0 saturated heterocycles. The first-order chi connectivity index (χ1) is 15.9. The summed E-state index contributed by atoms with van der Waals surface area (Å²) in [4.78, 5) is 62.7. The molecule has 0 spiro atoms. The molecule has 34 heavy (non-hydrogen) atoms. The third-order valence-corrected chi connectivity index (χ3v) is 6.09. The zero-order valence-corrected chi connectivity index (χ0v) is 20.0. The fourth-order valence-corrected chi connectivity index (χ4v) is 4.44. The highest BCUT2D eigenvalue weighted by Crippen LogP contribution is 2.43. The van der Waals surface area contributed by atoms with Gasteiger partial charge in [-0.25, -0.2) is 14.3 Å². The highest BCUT2D eigenvalue weighted by Gasteiger charge is 2.44. The third-order valence-electron chi connectivity index (χ3n) is 5.03. The average Bonchev–Trinajstić information content (AvgIpc) is 2.76. The number of anilines is 1. The molecule has 2 atom stereocenters. The molecule has 0 aliphatic heterocycles. The summed E-state index contributed by atoms with van der Waals surface area (Å²) in [5.74, 6) is -3.37. The molecule has 0 radical (unpaired) electrons. The highest BCUT2D eigenvalue weighted by atomic mass is 31.2. The lowest BCUT2D eigenvalue weighted by atomic mass is 9.99. The number of hydrogen-bond acceptors (Lipinski definition) is 5. The van der Waals surface area contributed by atoms with Gasteiger partial charge < -0.3 is 20.2 Å². The van der Waals surface area contributed by atoms with E-state index in [-0.39, 0.29) is 12.2 Å². The predicted molar refractivity (Wildman–Crippen MR) is 124 cm³/mol. The van der Waals surface area contributed by atoms with E-state index in [1.54, 1.807) is 56.3 Å². The molecule has 12 heteroatoms. The summed E-state index contributed by atoms with van der Waals surface area (Å²) >= 11 is 0. The van der Waals surface area contributed by atoms with Gasteiger partial charge in [0, 0.05) is 19.5 Å². The number of carboxylic acids is 1. The van der Waals surface area contributed by atoms with Crippen molar-refractivity contribution in [3.05, 3.63) is 60.3 Å². The Morgan fingerprint density at radius 3 is 2.15 bits per heavy atom. The van der Waals surface area contributed by atoms with Crippen molar-refractivity contribution >= 4 is 31.3 Å². The lowest BCUT2D eigenvalue weighted by molar-refractivity contribution is -0.140. The van der Waals surface area contributed by atoms with Crippen LogP contribution in [0, 0.1) is 5.92 Å². The Bertz CT molecular complexity index is 1030. The van der Waals surface area contributed by atoms with Crippen molar-refractivity contribution in [2.24, 2.45) is 5.92 Å². The minimum Gasteiger partial charge on any atom is -0.480 e. The van der Waals surface area contributed by atoms with E-state index in [1.165, 1.54) is 19.2 Å². The normalized spacial score (nSPS) is 13.4. The van der Waals surface area contributed by atoms with Crippen LogP contribution in [0.15, 0.2) is 54.7 Å². The maximum atomic E-state index is 13.9. The van der Waals surface area contributed by atoms with Gasteiger partial charge in [0.1, 0.15) is 17.9 Å². The van der Waals surface area contributed by atoms with Gasteiger partial charge in [0.2, 0.25) is 11.8 Å². The quantitative estimate of drug-likeness (QED) is 0.270. The Morgan fingerprint density at radius 2 is 1.68 bits per heavy atom. The lowest BCUT2D eigenvalue weighted by Crippen LogP contribution is -2.57. The minimum atomic E-state index is -5.04. The van der Waals surface area contributed by atoms with Gasteiger partial charge in [0.05, 0.1) is 6.67 Å². The first-order valence-electron chi connectivity index (χ1n) is 10.5. The van der Waals surface area contributed by atoms with Crippen LogP contribution in [-0.2, 0) is 25.4 Å². The second-order valence-electron chi connectivity index (χ2n) is 7.97. The number of carboxylic acid groups (broad SMARTS) is 1. The number of nitrogens with one attached hydrogen (secondary N) is 1. The lowest BCUT2D eigenvalue weighted by Gasteiger charge is -2.38. The molecule has 2 aromatic rings. The van der Waals surface area contributed by atoms with Crippen LogP contribution >= 0.6 is 7.75 Å². The number of aliphatic carboxylic acids is 1. The van der Waals surface area contributed by atoms with Crippen molar-refractivity contribution in [3.63, 3.8) is 0 Å². The SMILES string of the molecule is CC(=O)NCN(C(C(=O)N(c1ccccn1)C(Cc1ccccc1)C(=O)O)C(C)C)P(=O)(O)O. The zero-order chi connectivity index (χ0) is 25.5. The number of aromatic nitrogens is 1. The fourth-order valence-electron chi connectivity index (χ4n) is 3.49. The van der Waals surface area contributed by atoms with E-state index < -0.39 is 50.2 Å². The Hall–Kier alpha value is -3.11. The van der Waals surface area contributed by atoms with E-state index in [0.717, 1.165) is 4.90 Å². The molecule has 1 aromatic carbocycles. The summed E-state index contributed by atoms with van der Waals surface area (Å²) in [6.45, 7) is 3.70. The van der Waals surface area contributed by atoms with Gasteiger partial charge in [-0.1, -0.05) is 50.2 Å². The van der Waals surface area contributed by atoms with E-state index in [0.29, 0.717) is 10.2 Å². The largest absolute Gasteiger partial charge is 0.480 e. The van der Waals surface area contributed by atoms with Gasteiger partial charge in [-0.15, -0.1) is 0 Å². The van der Waals surface area contributed by atoms with E-state index >= 15 is 0 Å². The molecule has 11 nitrogen and oxygen atoms in total. The number of benzene rings is 1. The van der Waals surface area contributed by atoms with E-state index in [2.05, 4.69) is 10.3 Å². The van der Waals surface area contributed by atoms with Crippen LogP contribution in [0.3, 0.4) is 0 Å². The van der Waals surface area contributed by atoms with Crippen molar-refractivity contribution in [2.75, 3.05) is 11.6 Å². The van der Waals surface area contributed by atoms with Gasteiger partial charge in [0.25, 0.3) is 0 Å². The maximum absolute atomic E-state index is 13.9. The molecule has 1 heterocycles. The summed E-state index contributed by atoms with van der Waals surface area (Å²) < 4.78 is 12.9. The Morgan fingerprint density at radius 1 is 1.06 bits per heavy atom. The summed E-state index contributed by atoms with van der Waals surface area (Å²) in [6.07, 6.45) is 1.32. The van der Waals surface area contributed by atoms with Gasteiger partial charge in [-0.2, -0.15) is 4.67 Å². The minimum absolute atomic E-state index is 0.0201. The zero-order valence-electron chi connectivity index (χ0n) is 19.1. The highest BCUT2D eigenvalue weighted by molar-refractivity contribution is 7.49. The molecule has 2 amide bonds. The van der Waals surface area contributed by atoms with Crippen LogP contribution in [0.25, 0.3) is 0 Å². The first kappa shape index (κ1) is 27.1. The van der Waals surface area contributed by atoms with E-state index in [1.807, 2.05) is 0 Å². The monoisotopic (exact) mass is 492 g/mol. The second-order valence-corrected chi connectivity index (χ2v) is 9.51. The van der Waals surface area contributed by atoms with Crippen LogP contribution in [0.1, 0.15) is 26.3 Å². The van der Waals surface area contributed by atoms with E-state index in [9.17, 15) is 33.8 Å². The Kier molecular flexibility index (Phi) is 9.46. The number of carbonyl (C=O) groups is 3. The molecule has 1 aromatic heterocycles. The summed E-state index contributed by atoms with van der Waals surface area (Å²) in [6, 6.07) is 10.4. The molecule has 2 rings (SSSR count). The van der Waals surface area contributed by atoms with Crippen molar-refractivity contribution in [3.8, 4) is 0 Å². The average molecular weight is 492 g/mol. The van der Waals surface area contributed by atoms with E-state index in [4.69, 9.17) is 0 Å². The number of carbonyl (C=O) groups excluding carboxylic acids is 2. The van der Waals surface area contributed by atoms with Crippen molar-refractivity contribution < 1.29 is 33.8 Å². The Labute approximate surface area is 197 Å². The summed E-state index contributed by atoms with van der Waals surface area (Å²) in [5, 5.41) is 12.4. The number of rotatable bonds is 11. The molecular formula is C22H29N4O7P. The van der Waals surface area contributed by atoms with Crippen LogP contribution < -0.4 is 10.2 Å². The van der Waals surface area contributed by atoms with Gasteiger partial charge in [-0.3, -0.25) is 14.5 Å². The first-order valence-corrected chi connectivity index (χ1v) is 12.1. The molecular weight excluding hydrogens is 463 g/mol. The smallest absolute Gasteiger partial charge is 0.405 e. The van der Waals surface area contributed by atoms with Crippen LogP contribution in [0.4, 0.5) is 5.82 Å². The van der Waals surface area contributed by atoms with Crippen molar-refractivity contribution in [2.45, 2.75) is 39.3 Å². The molecule has 0 aliphatic carbocycles. The number of hydrogen-bond donors (Lipinski definition) is 4. The van der Waals surface area contributed by atoms with Crippen LogP contribution in [-0.4, -0.2) is 61.1 Å². The molecule has 184 valence electrons. The van der Waals surface area contributed by atoms with Gasteiger partial charge in [0.15, 0.2) is 0 Å². The molecule has 2 unspecified atom stereocenters. The topological polar surface area (TPSA) is 160 Å². The molecule has 0 bridgehead atoms. The fraction of sp³-hybridized carbons (Fsp3) is 0.364. The van der Waals surface area contributed by atoms with Crippen molar-refractivity contribution in [1.29, 1.82) is 0 Å². The van der Waals surface area contributed by atoms with Crippen LogP contribution in [0.5, 0.6) is 0 Å². The Balaban J connectivity index is 2.60.